The number of hydrogen-bond acceptors (Lipinski definition) is 3. The van der Waals surface area contributed by atoms with Crippen molar-refractivity contribution in [2.24, 2.45) is 0 Å². The molecule has 176 valence electrons. The lowest BCUT2D eigenvalue weighted by atomic mass is 10.1. The van der Waals surface area contributed by atoms with Crippen LogP contribution in [-0.4, -0.2) is 43.0 Å². The predicted molar refractivity (Wildman–Crippen MR) is 134 cm³/mol. The van der Waals surface area contributed by atoms with E-state index in [0.717, 1.165) is 35.6 Å². The average molecular weight is 461 g/mol. The van der Waals surface area contributed by atoms with Gasteiger partial charge in [0.2, 0.25) is 5.91 Å². The first-order chi connectivity index (χ1) is 16.4. The molecule has 0 saturated carbocycles. The summed E-state index contributed by atoms with van der Waals surface area (Å²) in [6.45, 7) is 6.78. The van der Waals surface area contributed by atoms with Crippen molar-refractivity contribution in [3.8, 4) is 0 Å². The van der Waals surface area contributed by atoms with E-state index in [0.29, 0.717) is 18.8 Å². The van der Waals surface area contributed by atoms with Crippen molar-refractivity contribution in [1.29, 1.82) is 0 Å². The maximum atomic E-state index is 13.1. The normalized spacial score (nSPS) is 13.5. The standard InChI is InChI=1S/C27H29FN4O2/c1-19-3-8-24(17-20(19)2)30-27(34)29-23-9-11-25(12-10-23)31-13-15-32(16-14-31)26(33)18-21-4-6-22(28)7-5-21/h3-12,17H,13-16,18H2,1-2H3,(H2,29,30,34). The second kappa shape index (κ2) is 10.4. The van der Waals surface area contributed by atoms with Gasteiger partial charge in [0.1, 0.15) is 5.82 Å². The van der Waals surface area contributed by atoms with Crippen LogP contribution in [-0.2, 0) is 11.2 Å². The van der Waals surface area contributed by atoms with Crippen LogP contribution in [0.2, 0.25) is 0 Å². The zero-order valence-corrected chi connectivity index (χ0v) is 19.5. The minimum absolute atomic E-state index is 0.0561. The first kappa shape index (κ1) is 23.3. The molecule has 0 bridgehead atoms. The van der Waals surface area contributed by atoms with Crippen molar-refractivity contribution < 1.29 is 14.0 Å². The van der Waals surface area contributed by atoms with Crippen LogP contribution in [0, 0.1) is 19.7 Å². The third-order valence-electron chi connectivity index (χ3n) is 6.16. The van der Waals surface area contributed by atoms with Crippen LogP contribution in [0.15, 0.2) is 66.7 Å². The number of halogens is 1. The van der Waals surface area contributed by atoms with Crippen LogP contribution in [0.3, 0.4) is 0 Å². The number of nitrogens with zero attached hydrogens (tertiary/aromatic N) is 2. The molecule has 34 heavy (non-hydrogen) atoms. The van der Waals surface area contributed by atoms with Gasteiger partial charge in [-0.1, -0.05) is 18.2 Å². The highest BCUT2D eigenvalue weighted by Crippen LogP contribution is 2.21. The SMILES string of the molecule is Cc1ccc(NC(=O)Nc2ccc(N3CCN(C(=O)Cc4ccc(F)cc4)CC3)cc2)cc1C. The van der Waals surface area contributed by atoms with E-state index in [2.05, 4.69) is 15.5 Å². The third-order valence-corrected chi connectivity index (χ3v) is 6.16. The number of rotatable bonds is 5. The molecule has 3 amide bonds. The fraction of sp³-hybridized carbons (Fsp3) is 0.259. The number of benzene rings is 3. The van der Waals surface area contributed by atoms with Gasteiger partial charge >= 0.3 is 6.03 Å². The number of urea groups is 1. The molecule has 0 unspecified atom stereocenters. The van der Waals surface area contributed by atoms with Crippen molar-refractivity contribution in [3.63, 3.8) is 0 Å². The van der Waals surface area contributed by atoms with Gasteiger partial charge in [-0.2, -0.15) is 0 Å². The van der Waals surface area contributed by atoms with Gasteiger partial charge < -0.3 is 20.4 Å². The number of amides is 3. The Morgan fingerprint density at radius 2 is 1.41 bits per heavy atom. The van der Waals surface area contributed by atoms with Crippen molar-refractivity contribution in [1.82, 2.24) is 4.90 Å². The lowest BCUT2D eigenvalue weighted by molar-refractivity contribution is -0.130. The molecule has 0 atom stereocenters. The van der Waals surface area contributed by atoms with E-state index in [4.69, 9.17) is 0 Å². The van der Waals surface area contributed by atoms with E-state index in [1.807, 2.05) is 61.2 Å². The molecule has 0 aromatic heterocycles. The Bertz CT molecular complexity index is 1150. The number of carbonyl (C=O) groups excluding carboxylic acids is 2. The average Bonchev–Trinajstić information content (AvgIpc) is 2.83. The Labute approximate surface area is 199 Å². The fourth-order valence-corrected chi connectivity index (χ4v) is 3.97. The van der Waals surface area contributed by atoms with Gasteiger partial charge in [-0.3, -0.25) is 4.79 Å². The van der Waals surface area contributed by atoms with Crippen molar-refractivity contribution in [2.45, 2.75) is 20.3 Å². The molecule has 1 heterocycles. The fourth-order valence-electron chi connectivity index (χ4n) is 3.97. The smallest absolute Gasteiger partial charge is 0.323 e. The second-order valence-corrected chi connectivity index (χ2v) is 8.60. The molecular weight excluding hydrogens is 431 g/mol. The predicted octanol–water partition coefficient (Wildman–Crippen LogP) is 4.98. The minimum atomic E-state index is -0.298. The van der Waals surface area contributed by atoms with Crippen LogP contribution in [0.4, 0.5) is 26.2 Å². The molecule has 0 spiro atoms. The zero-order valence-electron chi connectivity index (χ0n) is 19.5. The van der Waals surface area contributed by atoms with E-state index >= 15 is 0 Å². The molecule has 1 saturated heterocycles. The van der Waals surface area contributed by atoms with Gasteiger partial charge in [0.25, 0.3) is 0 Å². The van der Waals surface area contributed by atoms with Crippen molar-refractivity contribution >= 4 is 29.0 Å². The minimum Gasteiger partial charge on any atom is -0.368 e. The van der Waals surface area contributed by atoms with Gasteiger partial charge in [-0.25, -0.2) is 9.18 Å². The Hall–Kier alpha value is -3.87. The first-order valence-corrected chi connectivity index (χ1v) is 11.4. The Balaban J connectivity index is 1.26. The number of carbonyl (C=O) groups is 2. The maximum Gasteiger partial charge on any atom is 0.323 e. The van der Waals surface area contributed by atoms with Crippen LogP contribution in [0.5, 0.6) is 0 Å². The summed E-state index contributed by atoms with van der Waals surface area (Å²) in [6.07, 6.45) is 0.283. The molecule has 1 aliphatic heterocycles. The van der Waals surface area contributed by atoms with E-state index < -0.39 is 0 Å². The summed E-state index contributed by atoms with van der Waals surface area (Å²) < 4.78 is 13.1. The summed E-state index contributed by atoms with van der Waals surface area (Å²) in [6, 6.07) is 19.3. The summed E-state index contributed by atoms with van der Waals surface area (Å²) in [5.74, 6) is -0.242. The zero-order chi connectivity index (χ0) is 24.1. The lowest BCUT2D eigenvalue weighted by Gasteiger charge is -2.36. The van der Waals surface area contributed by atoms with Gasteiger partial charge in [-0.05, 0) is 79.1 Å². The Morgan fingerprint density at radius 1 is 0.794 bits per heavy atom. The molecule has 0 radical (unpaired) electrons. The number of anilines is 3. The van der Waals surface area contributed by atoms with Crippen molar-refractivity contribution in [3.05, 3.63) is 89.2 Å². The monoisotopic (exact) mass is 460 g/mol. The second-order valence-electron chi connectivity index (χ2n) is 8.60. The van der Waals surface area contributed by atoms with Crippen LogP contribution in [0.1, 0.15) is 16.7 Å². The van der Waals surface area contributed by atoms with Gasteiger partial charge in [0.05, 0.1) is 6.42 Å². The number of hydrogen-bond donors (Lipinski definition) is 2. The molecule has 0 aliphatic carbocycles. The summed E-state index contributed by atoms with van der Waals surface area (Å²) in [7, 11) is 0. The lowest BCUT2D eigenvalue weighted by Crippen LogP contribution is -2.49. The van der Waals surface area contributed by atoms with E-state index in [9.17, 15) is 14.0 Å². The van der Waals surface area contributed by atoms with Crippen molar-refractivity contribution in [2.75, 3.05) is 41.7 Å². The highest BCUT2D eigenvalue weighted by atomic mass is 19.1. The van der Waals surface area contributed by atoms with E-state index in [1.54, 1.807) is 12.1 Å². The Kier molecular flexibility index (Phi) is 7.11. The number of aryl methyl sites for hydroxylation is 2. The summed E-state index contributed by atoms with van der Waals surface area (Å²) in [4.78, 5) is 29.0. The first-order valence-electron chi connectivity index (χ1n) is 11.4. The summed E-state index contributed by atoms with van der Waals surface area (Å²) in [5, 5.41) is 5.71. The molecule has 2 N–H and O–H groups in total. The Morgan fingerprint density at radius 3 is 2.06 bits per heavy atom. The quantitative estimate of drug-likeness (QED) is 0.565. The van der Waals surface area contributed by atoms with Crippen LogP contribution in [0.25, 0.3) is 0 Å². The molecule has 3 aromatic rings. The molecule has 1 aliphatic rings. The summed E-state index contributed by atoms with van der Waals surface area (Å²) in [5.41, 5.74) is 5.63. The molecule has 6 nitrogen and oxygen atoms in total. The van der Waals surface area contributed by atoms with Crippen LogP contribution < -0.4 is 15.5 Å². The molecule has 7 heteroatoms. The van der Waals surface area contributed by atoms with E-state index in [1.165, 1.54) is 17.7 Å². The van der Waals surface area contributed by atoms with Crippen LogP contribution >= 0.6 is 0 Å². The van der Waals surface area contributed by atoms with E-state index in [-0.39, 0.29) is 24.2 Å². The third kappa shape index (κ3) is 5.92. The maximum absolute atomic E-state index is 13.1. The largest absolute Gasteiger partial charge is 0.368 e. The molecular formula is C27H29FN4O2. The van der Waals surface area contributed by atoms with Gasteiger partial charge in [-0.15, -0.1) is 0 Å². The number of piperazine rings is 1. The highest BCUT2D eigenvalue weighted by Gasteiger charge is 2.21. The highest BCUT2D eigenvalue weighted by molar-refractivity contribution is 5.99. The number of nitrogens with one attached hydrogen (secondary N) is 2. The molecule has 1 fully saturated rings. The summed E-state index contributed by atoms with van der Waals surface area (Å²) >= 11 is 0. The van der Waals surface area contributed by atoms with Gasteiger partial charge in [0.15, 0.2) is 0 Å². The molecule has 4 rings (SSSR count). The topological polar surface area (TPSA) is 64.7 Å². The van der Waals surface area contributed by atoms with Gasteiger partial charge in [0, 0.05) is 43.2 Å². The molecule has 3 aromatic carbocycles.